The fraction of sp³-hybridized carbons (Fsp3) is 0.542. The van der Waals surface area contributed by atoms with Crippen molar-refractivity contribution in [2.24, 2.45) is 28.2 Å². The normalized spacial score (nSPS) is 30.6. The van der Waals surface area contributed by atoms with Crippen molar-refractivity contribution in [3.63, 3.8) is 0 Å². The van der Waals surface area contributed by atoms with E-state index in [9.17, 15) is 9.18 Å². The summed E-state index contributed by atoms with van der Waals surface area (Å²) < 4.78 is 21.1. The summed E-state index contributed by atoms with van der Waals surface area (Å²) in [6, 6.07) is 6.12. The smallest absolute Gasteiger partial charge is 0.306 e. The third kappa shape index (κ3) is 2.62. The standard InChI is InChI=1S/C24H26FN3O2/c1-2-6-28-22(29)19-11-20(24-12-14-7-15(13-24)9-16(24)8-14)26-21(19)27-23(28)30-18-5-3-4-17(25)10-18/h3-5,10,14-16H,2,6-9,11-13H2,1H3. The van der Waals surface area contributed by atoms with Gasteiger partial charge in [-0.2, -0.15) is 4.98 Å². The van der Waals surface area contributed by atoms with Crippen LogP contribution in [-0.2, 0) is 13.0 Å². The summed E-state index contributed by atoms with van der Waals surface area (Å²) >= 11 is 0. The van der Waals surface area contributed by atoms with E-state index in [1.807, 2.05) is 6.92 Å². The topological polar surface area (TPSA) is 56.5 Å². The lowest BCUT2D eigenvalue weighted by molar-refractivity contribution is 0.262. The van der Waals surface area contributed by atoms with Crippen molar-refractivity contribution in [2.75, 3.05) is 0 Å². The molecule has 4 fully saturated rings. The van der Waals surface area contributed by atoms with Gasteiger partial charge in [0.05, 0.1) is 5.56 Å². The summed E-state index contributed by atoms with van der Waals surface area (Å²) in [4.78, 5) is 22.9. The second-order valence-corrected chi connectivity index (χ2v) is 9.65. The number of rotatable bonds is 5. The average molecular weight is 407 g/mol. The molecular weight excluding hydrogens is 381 g/mol. The largest absolute Gasteiger partial charge is 0.425 e. The molecule has 0 N–H and O–H groups in total. The maximum atomic E-state index is 13.6. The molecule has 0 spiro atoms. The van der Waals surface area contributed by atoms with Crippen LogP contribution in [0.1, 0.15) is 51.0 Å². The predicted molar refractivity (Wildman–Crippen MR) is 112 cm³/mol. The van der Waals surface area contributed by atoms with E-state index in [2.05, 4.69) is 4.98 Å². The number of hydrogen-bond donors (Lipinski definition) is 0. The molecule has 6 heteroatoms. The molecule has 30 heavy (non-hydrogen) atoms. The fourth-order valence-electron chi connectivity index (χ4n) is 6.84. The molecule has 1 aromatic carbocycles. The van der Waals surface area contributed by atoms with Crippen LogP contribution in [0.5, 0.6) is 11.8 Å². The van der Waals surface area contributed by atoms with Gasteiger partial charge < -0.3 is 4.74 Å². The highest BCUT2D eigenvalue weighted by molar-refractivity contribution is 5.98. The average Bonchev–Trinajstić information content (AvgIpc) is 3.32. The van der Waals surface area contributed by atoms with Crippen molar-refractivity contribution in [1.29, 1.82) is 0 Å². The molecule has 5 aliphatic rings. The predicted octanol–water partition coefficient (Wildman–Crippen LogP) is 5.04. The summed E-state index contributed by atoms with van der Waals surface area (Å²) in [6.45, 7) is 2.53. The van der Waals surface area contributed by atoms with Gasteiger partial charge in [-0.25, -0.2) is 9.38 Å². The molecule has 4 bridgehead atoms. The summed E-state index contributed by atoms with van der Waals surface area (Å²) in [5.74, 6) is 2.87. The van der Waals surface area contributed by atoms with Crippen molar-refractivity contribution >= 4 is 11.5 Å². The summed E-state index contributed by atoms with van der Waals surface area (Å²) in [7, 11) is 0. The number of aromatic nitrogens is 2. The Kier molecular flexibility index (Phi) is 3.96. The number of aliphatic imine (C=N–C) groups is 1. The van der Waals surface area contributed by atoms with Gasteiger partial charge >= 0.3 is 6.01 Å². The molecule has 2 unspecified atom stereocenters. The SMILES string of the molecule is CCCn1c(Oc2cccc(F)c2)nc2c(c1=O)CC(C13CC4CC(CC1C4)C3)=N2. The molecule has 4 saturated carbocycles. The van der Waals surface area contributed by atoms with E-state index >= 15 is 0 Å². The number of nitrogens with zero attached hydrogens (tertiary/aromatic N) is 3. The van der Waals surface area contributed by atoms with E-state index in [0.29, 0.717) is 30.1 Å². The molecule has 1 aromatic heterocycles. The molecule has 0 saturated heterocycles. The number of fused-ring (bicyclic) bond motifs is 1. The van der Waals surface area contributed by atoms with E-state index in [1.165, 1.54) is 49.9 Å². The summed E-state index contributed by atoms with van der Waals surface area (Å²) in [5, 5.41) is 0. The number of hydrogen-bond acceptors (Lipinski definition) is 4. The molecule has 1 aliphatic heterocycles. The zero-order valence-electron chi connectivity index (χ0n) is 17.2. The molecule has 0 radical (unpaired) electrons. The number of halogens is 1. The Hall–Kier alpha value is -2.50. The Morgan fingerprint density at radius 3 is 2.77 bits per heavy atom. The van der Waals surface area contributed by atoms with E-state index in [-0.39, 0.29) is 22.8 Å². The van der Waals surface area contributed by atoms with Crippen molar-refractivity contribution in [3.05, 3.63) is 46.0 Å². The lowest BCUT2D eigenvalue weighted by Crippen LogP contribution is -2.34. The van der Waals surface area contributed by atoms with Crippen LogP contribution in [0.2, 0.25) is 0 Å². The number of ether oxygens (including phenoxy) is 1. The van der Waals surface area contributed by atoms with Crippen LogP contribution in [0.25, 0.3) is 0 Å². The van der Waals surface area contributed by atoms with Crippen LogP contribution in [0.4, 0.5) is 10.2 Å². The third-order valence-corrected chi connectivity index (χ3v) is 7.81. The van der Waals surface area contributed by atoms with Gasteiger partial charge in [0.25, 0.3) is 5.56 Å². The van der Waals surface area contributed by atoms with Crippen LogP contribution in [0, 0.1) is 29.0 Å². The first-order chi connectivity index (χ1) is 14.6. The first kappa shape index (κ1) is 18.3. The quantitative estimate of drug-likeness (QED) is 0.698. The zero-order chi connectivity index (χ0) is 20.5. The number of benzene rings is 1. The van der Waals surface area contributed by atoms with Crippen LogP contribution in [-0.4, -0.2) is 15.3 Å². The molecule has 5 nitrogen and oxygen atoms in total. The van der Waals surface area contributed by atoms with E-state index in [0.717, 1.165) is 24.2 Å². The van der Waals surface area contributed by atoms with Crippen molar-refractivity contribution < 1.29 is 9.13 Å². The molecule has 156 valence electrons. The second kappa shape index (κ2) is 6.50. The Morgan fingerprint density at radius 2 is 2.03 bits per heavy atom. The first-order valence-electron chi connectivity index (χ1n) is 11.2. The Balaban J connectivity index is 1.40. The minimum atomic E-state index is -0.385. The van der Waals surface area contributed by atoms with Crippen molar-refractivity contribution in [2.45, 2.75) is 58.4 Å². The lowest BCUT2D eigenvalue weighted by Gasteiger charge is -2.33. The van der Waals surface area contributed by atoms with Gasteiger partial charge in [-0.3, -0.25) is 9.36 Å². The van der Waals surface area contributed by atoms with Gasteiger partial charge in [0.15, 0.2) is 5.82 Å². The third-order valence-electron chi connectivity index (χ3n) is 7.81. The Labute approximate surface area is 175 Å². The van der Waals surface area contributed by atoms with Crippen LogP contribution < -0.4 is 10.3 Å². The lowest BCUT2D eigenvalue weighted by atomic mass is 9.71. The van der Waals surface area contributed by atoms with Crippen LogP contribution in [0.15, 0.2) is 34.1 Å². The zero-order valence-corrected chi connectivity index (χ0v) is 17.2. The molecular formula is C24H26FN3O2. The first-order valence-corrected chi connectivity index (χ1v) is 11.2. The van der Waals surface area contributed by atoms with Gasteiger partial charge in [0.2, 0.25) is 0 Å². The van der Waals surface area contributed by atoms with Gasteiger partial charge in [-0.05, 0) is 68.4 Å². The van der Waals surface area contributed by atoms with Gasteiger partial charge in [-0.15, -0.1) is 0 Å². The van der Waals surface area contributed by atoms with Crippen molar-refractivity contribution in [3.8, 4) is 11.8 Å². The van der Waals surface area contributed by atoms with E-state index in [4.69, 9.17) is 9.73 Å². The fourth-order valence-corrected chi connectivity index (χ4v) is 6.84. The van der Waals surface area contributed by atoms with Crippen LogP contribution >= 0.6 is 0 Å². The highest BCUT2D eigenvalue weighted by Crippen LogP contribution is 2.66. The van der Waals surface area contributed by atoms with Gasteiger partial charge in [0, 0.05) is 30.2 Å². The Bertz CT molecular complexity index is 1110. The molecule has 2 atom stereocenters. The maximum Gasteiger partial charge on any atom is 0.306 e. The molecule has 7 rings (SSSR count). The molecule has 0 amide bonds. The minimum Gasteiger partial charge on any atom is -0.425 e. The Morgan fingerprint density at radius 1 is 1.23 bits per heavy atom. The molecule has 2 heterocycles. The van der Waals surface area contributed by atoms with Gasteiger partial charge in [-0.1, -0.05) is 13.0 Å². The van der Waals surface area contributed by atoms with Crippen molar-refractivity contribution in [1.82, 2.24) is 9.55 Å². The summed E-state index contributed by atoms with van der Waals surface area (Å²) in [5.41, 5.74) is 2.01. The molecule has 4 aliphatic carbocycles. The van der Waals surface area contributed by atoms with Gasteiger partial charge in [0.1, 0.15) is 11.6 Å². The van der Waals surface area contributed by atoms with Crippen LogP contribution in [0.3, 0.4) is 0 Å². The van der Waals surface area contributed by atoms with E-state index < -0.39 is 0 Å². The van der Waals surface area contributed by atoms with E-state index in [1.54, 1.807) is 16.7 Å². The molecule has 2 aromatic rings. The monoisotopic (exact) mass is 407 g/mol. The maximum absolute atomic E-state index is 13.6. The highest BCUT2D eigenvalue weighted by Gasteiger charge is 2.60. The highest BCUT2D eigenvalue weighted by atomic mass is 19.1. The minimum absolute atomic E-state index is 0.0684. The second-order valence-electron chi connectivity index (χ2n) is 9.65. The summed E-state index contributed by atoms with van der Waals surface area (Å²) in [6.07, 6.45) is 7.91.